The van der Waals surface area contributed by atoms with Crippen molar-refractivity contribution in [2.45, 2.75) is 13.8 Å². The summed E-state index contributed by atoms with van der Waals surface area (Å²) in [5.41, 5.74) is 0.586. The van der Waals surface area contributed by atoms with Gasteiger partial charge in [0.25, 0.3) is 0 Å². The van der Waals surface area contributed by atoms with Crippen LogP contribution in [-0.2, 0) is 0 Å². The molecule has 14 heavy (non-hydrogen) atoms. The third kappa shape index (κ3) is 2.52. The lowest BCUT2D eigenvalue weighted by Gasteiger charge is -2.19. The largest absolute Gasteiger partial charge is 0.366 e. The number of nitriles is 1. The van der Waals surface area contributed by atoms with Crippen LogP contribution in [0.4, 0.5) is 5.00 Å². The molecular formula is C10H13BN2S. The predicted octanol–water partition coefficient (Wildman–Crippen LogP) is 1.51. The summed E-state index contributed by atoms with van der Waals surface area (Å²) in [6.07, 6.45) is 0. The fraction of sp³-hybridized carbons (Fsp3) is 0.500. The van der Waals surface area contributed by atoms with Crippen LogP contribution in [0.15, 0.2) is 6.07 Å². The molecule has 0 bridgehead atoms. The van der Waals surface area contributed by atoms with E-state index in [1.807, 2.05) is 13.1 Å². The van der Waals surface area contributed by atoms with Crippen molar-refractivity contribution in [1.29, 1.82) is 5.26 Å². The quantitative estimate of drug-likeness (QED) is 0.697. The van der Waals surface area contributed by atoms with Crippen LogP contribution in [0.3, 0.4) is 0 Å². The fourth-order valence-corrected chi connectivity index (χ4v) is 2.15. The zero-order valence-corrected chi connectivity index (χ0v) is 9.56. The van der Waals surface area contributed by atoms with Crippen LogP contribution in [0.25, 0.3) is 0 Å². The molecule has 0 spiro atoms. The summed E-state index contributed by atoms with van der Waals surface area (Å²) >= 11 is 1.45. The molecule has 0 unspecified atom stereocenters. The molecule has 1 heterocycles. The predicted molar refractivity (Wildman–Crippen MR) is 62.5 cm³/mol. The molecule has 0 aromatic carbocycles. The second kappa shape index (κ2) is 4.52. The Bertz CT molecular complexity index is 351. The molecule has 0 atom stereocenters. The van der Waals surface area contributed by atoms with Crippen molar-refractivity contribution in [3.05, 3.63) is 10.9 Å². The molecule has 0 saturated heterocycles. The second-order valence-corrected chi connectivity index (χ2v) is 4.79. The zero-order valence-electron chi connectivity index (χ0n) is 8.74. The van der Waals surface area contributed by atoms with Crippen molar-refractivity contribution >= 4 is 29.6 Å². The van der Waals surface area contributed by atoms with E-state index in [2.05, 4.69) is 24.8 Å². The highest BCUT2D eigenvalue weighted by atomic mass is 32.1. The van der Waals surface area contributed by atoms with E-state index in [9.17, 15) is 0 Å². The van der Waals surface area contributed by atoms with Crippen LogP contribution in [0.2, 0.25) is 0 Å². The van der Waals surface area contributed by atoms with Crippen LogP contribution < -0.4 is 10.4 Å². The Morgan fingerprint density at radius 2 is 2.29 bits per heavy atom. The first-order valence-corrected chi connectivity index (χ1v) is 5.36. The molecule has 0 fully saturated rings. The average molecular weight is 204 g/mol. The topological polar surface area (TPSA) is 27.0 Å². The van der Waals surface area contributed by atoms with Gasteiger partial charge >= 0.3 is 0 Å². The Morgan fingerprint density at radius 1 is 1.64 bits per heavy atom. The lowest BCUT2D eigenvalue weighted by Crippen LogP contribution is -2.21. The molecule has 0 amide bonds. The highest BCUT2D eigenvalue weighted by Crippen LogP contribution is 2.22. The number of nitrogens with zero attached hydrogens (tertiary/aromatic N) is 2. The number of rotatable bonds is 3. The summed E-state index contributed by atoms with van der Waals surface area (Å²) < 4.78 is 0. The van der Waals surface area contributed by atoms with E-state index in [0.717, 1.165) is 11.5 Å². The van der Waals surface area contributed by atoms with Gasteiger partial charge in [0.15, 0.2) is 0 Å². The van der Waals surface area contributed by atoms with Gasteiger partial charge in [-0.1, -0.05) is 19.3 Å². The number of thiophene rings is 1. The summed E-state index contributed by atoms with van der Waals surface area (Å²) in [4.78, 5) is 2.74. The molecule has 2 nitrogen and oxygen atoms in total. The number of anilines is 1. The lowest BCUT2D eigenvalue weighted by molar-refractivity contribution is 0.641. The Kier molecular flexibility index (Phi) is 3.59. The minimum absolute atomic E-state index is 0.586. The van der Waals surface area contributed by atoms with E-state index >= 15 is 0 Å². The zero-order chi connectivity index (χ0) is 10.7. The van der Waals surface area contributed by atoms with Gasteiger partial charge in [-0.15, -0.1) is 11.3 Å². The van der Waals surface area contributed by atoms with Gasteiger partial charge in [-0.3, -0.25) is 0 Å². The van der Waals surface area contributed by atoms with Gasteiger partial charge in [-0.2, -0.15) is 5.26 Å². The summed E-state index contributed by atoms with van der Waals surface area (Å²) in [6.45, 7) is 5.31. The standard InChI is InChI=1S/C10H13BN2S/c1-7(2)6-13(3)10-4-8(11)9(5-12)14-10/h4,7H,6H2,1-3H3. The fourth-order valence-electron chi connectivity index (χ4n) is 1.30. The van der Waals surface area contributed by atoms with Gasteiger partial charge < -0.3 is 4.90 Å². The SMILES string of the molecule is [B]c1cc(N(C)CC(C)C)sc1C#N. The van der Waals surface area contributed by atoms with Gasteiger partial charge in [0.05, 0.1) is 9.88 Å². The number of hydrogen-bond donors (Lipinski definition) is 0. The van der Waals surface area contributed by atoms with Crippen LogP contribution in [-0.4, -0.2) is 21.4 Å². The van der Waals surface area contributed by atoms with Gasteiger partial charge in [-0.05, 0) is 12.0 Å². The molecule has 1 aromatic rings. The summed E-state index contributed by atoms with van der Waals surface area (Å²) in [7, 11) is 7.70. The molecule has 1 aromatic heterocycles. The molecule has 0 saturated carbocycles. The van der Waals surface area contributed by atoms with Crippen molar-refractivity contribution in [3.63, 3.8) is 0 Å². The maximum atomic E-state index is 8.76. The number of hydrogen-bond acceptors (Lipinski definition) is 3. The highest BCUT2D eigenvalue weighted by molar-refractivity contribution is 7.17. The second-order valence-electron chi connectivity index (χ2n) is 3.76. The van der Waals surface area contributed by atoms with E-state index in [-0.39, 0.29) is 0 Å². The minimum Gasteiger partial charge on any atom is -0.366 e. The van der Waals surface area contributed by atoms with Crippen molar-refractivity contribution < 1.29 is 0 Å². The van der Waals surface area contributed by atoms with E-state index < -0.39 is 0 Å². The molecule has 0 aliphatic heterocycles. The maximum Gasteiger partial charge on any atom is 0.116 e. The summed E-state index contributed by atoms with van der Waals surface area (Å²) in [6, 6.07) is 3.96. The molecule has 1 rings (SSSR count). The molecule has 0 aliphatic rings. The van der Waals surface area contributed by atoms with Crippen LogP contribution >= 0.6 is 11.3 Å². The van der Waals surface area contributed by atoms with Crippen molar-refractivity contribution in [1.82, 2.24) is 0 Å². The van der Waals surface area contributed by atoms with E-state index in [0.29, 0.717) is 16.3 Å². The Hall–Kier alpha value is -0.945. The van der Waals surface area contributed by atoms with Gasteiger partial charge in [-0.25, -0.2) is 0 Å². The molecule has 2 radical (unpaired) electrons. The minimum atomic E-state index is 0.586. The van der Waals surface area contributed by atoms with Crippen molar-refractivity contribution in [2.75, 3.05) is 18.5 Å². The Balaban J connectivity index is 2.81. The van der Waals surface area contributed by atoms with Crippen molar-refractivity contribution in [3.8, 4) is 6.07 Å². The molecule has 0 aliphatic carbocycles. The van der Waals surface area contributed by atoms with Crippen molar-refractivity contribution in [2.24, 2.45) is 5.92 Å². The smallest absolute Gasteiger partial charge is 0.116 e. The van der Waals surface area contributed by atoms with E-state index in [1.165, 1.54) is 11.3 Å². The van der Waals surface area contributed by atoms with E-state index in [1.54, 1.807) is 0 Å². The third-order valence-electron chi connectivity index (χ3n) is 1.86. The Labute approximate surface area is 90.6 Å². The Morgan fingerprint density at radius 3 is 2.71 bits per heavy atom. The van der Waals surface area contributed by atoms with Gasteiger partial charge in [0.1, 0.15) is 13.9 Å². The van der Waals surface area contributed by atoms with Gasteiger partial charge in [0, 0.05) is 13.6 Å². The molecule has 72 valence electrons. The monoisotopic (exact) mass is 204 g/mol. The lowest BCUT2D eigenvalue weighted by atomic mass is 9.97. The molecule has 4 heteroatoms. The van der Waals surface area contributed by atoms with E-state index in [4.69, 9.17) is 13.1 Å². The molecule has 0 N–H and O–H groups in total. The highest BCUT2D eigenvalue weighted by Gasteiger charge is 2.09. The first-order valence-electron chi connectivity index (χ1n) is 4.55. The normalized spacial score (nSPS) is 10.2. The summed E-state index contributed by atoms with van der Waals surface area (Å²) in [5, 5.41) is 9.82. The maximum absolute atomic E-state index is 8.76. The van der Waals surface area contributed by atoms with Crippen LogP contribution in [0, 0.1) is 17.2 Å². The van der Waals surface area contributed by atoms with Crippen LogP contribution in [0.1, 0.15) is 18.7 Å². The molecular weight excluding hydrogens is 191 g/mol. The average Bonchev–Trinajstić information content (AvgIpc) is 2.45. The summed E-state index contributed by atoms with van der Waals surface area (Å²) in [5.74, 6) is 0.605. The third-order valence-corrected chi connectivity index (χ3v) is 3.03. The first kappa shape index (κ1) is 11.1. The first-order chi connectivity index (χ1) is 6.54. The van der Waals surface area contributed by atoms with Gasteiger partial charge in [0.2, 0.25) is 0 Å². The van der Waals surface area contributed by atoms with Crippen LogP contribution in [0.5, 0.6) is 0 Å².